The summed E-state index contributed by atoms with van der Waals surface area (Å²) in [4.78, 5) is 31.3. The van der Waals surface area contributed by atoms with Crippen molar-refractivity contribution in [3.8, 4) is 11.5 Å². The number of rotatable bonds is 9. The molecule has 0 saturated carbocycles. The van der Waals surface area contributed by atoms with Crippen LogP contribution in [-0.2, 0) is 11.2 Å². The molecule has 3 aromatic rings. The Bertz CT molecular complexity index is 1160. The van der Waals surface area contributed by atoms with E-state index in [-0.39, 0.29) is 36.8 Å². The molecule has 0 saturated heterocycles. The third-order valence-corrected chi connectivity index (χ3v) is 7.06. The van der Waals surface area contributed by atoms with Crippen LogP contribution in [-0.4, -0.2) is 55.0 Å². The molecule has 1 aromatic heterocycles. The SMILES string of the molecule is CCCN(CC(=O)N1CCc2sccc2[C@H]1COc1cccc(F)c1)C(=O)c1ccc(OC)cc1. The van der Waals surface area contributed by atoms with Crippen molar-refractivity contribution in [2.75, 3.05) is 33.4 Å². The first-order valence-electron chi connectivity index (χ1n) is 11.7. The van der Waals surface area contributed by atoms with Crippen molar-refractivity contribution in [3.05, 3.63) is 81.8 Å². The van der Waals surface area contributed by atoms with Gasteiger partial charge in [-0.2, -0.15) is 0 Å². The number of nitrogens with zero attached hydrogens (tertiary/aromatic N) is 2. The maximum absolute atomic E-state index is 13.6. The van der Waals surface area contributed by atoms with Crippen molar-refractivity contribution in [2.24, 2.45) is 0 Å². The zero-order valence-electron chi connectivity index (χ0n) is 19.9. The zero-order chi connectivity index (χ0) is 24.8. The van der Waals surface area contributed by atoms with E-state index >= 15 is 0 Å². The van der Waals surface area contributed by atoms with E-state index in [4.69, 9.17) is 9.47 Å². The number of thiophene rings is 1. The quantitative estimate of drug-likeness (QED) is 0.421. The molecule has 0 fully saturated rings. The van der Waals surface area contributed by atoms with Crippen LogP contribution in [0.2, 0.25) is 0 Å². The molecule has 1 aliphatic rings. The lowest BCUT2D eigenvalue weighted by molar-refractivity contribution is -0.135. The Kier molecular flexibility index (Phi) is 8.02. The minimum Gasteiger partial charge on any atom is -0.497 e. The number of hydrogen-bond acceptors (Lipinski definition) is 5. The number of fused-ring (bicyclic) bond motifs is 1. The number of benzene rings is 2. The maximum Gasteiger partial charge on any atom is 0.254 e. The Balaban J connectivity index is 1.51. The molecule has 6 nitrogen and oxygen atoms in total. The third-order valence-electron chi connectivity index (χ3n) is 6.06. The second-order valence-electron chi connectivity index (χ2n) is 8.38. The maximum atomic E-state index is 13.6. The van der Waals surface area contributed by atoms with Crippen LogP contribution in [0.1, 0.15) is 40.2 Å². The van der Waals surface area contributed by atoms with Gasteiger partial charge in [0.2, 0.25) is 5.91 Å². The Morgan fingerprint density at radius 1 is 1.14 bits per heavy atom. The van der Waals surface area contributed by atoms with Crippen molar-refractivity contribution in [1.82, 2.24) is 9.80 Å². The first kappa shape index (κ1) is 24.7. The largest absolute Gasteiger partial charge is 0.497 e. The van der Waals surface area contributed by atoms with E-state index in [0.29, 0.717) is 30.2 Å². The van der Waals surface area contributed by atoms with E-state index in [9.17, 15) is 14.0 Å². The van der Waals surface area contributed by atoms with Gasteiger partial charge < -0.3 is 19.3 Å². The van der Waals surface area contributed by atoms with Gasteiger partial charge in [-0.25, -0.2) is 4.39 Å². The second-order valence-corrected chi connectivity index (χ2v) is 9.38. The Morgan fingerprint density at radius 2 is 1.94 bits per heavy atom. The molecule has 35 heavy (non-hydrogen) atoms. The van der Waals surface area contributed by atoms with Crippen LogP contribution in [0.3, 0.4) is 0 Å². The summed E-state index contributed by atoms with van der Waals surface area (Å²) in [6.07, 6.45) is 1.49. The van der Waals surface area contributed by atoms with Crippen molar-refractivity contribution in [1.29, 1.82) is 0 Å². The van der Waals surface area contributed by atoms with Crippen LogP contribution < -0.4 is 9.47 Å². The Hall–Kier alpha value is -3.39. The van der Waals surface area contributed by atoms with Gasteiger partial charge in [0.1, 0.15) is 30.5 Å². The van der Waals surface area contributed by atoms with E-state index in [0.717, 1.165) is 18.4 Å². The molecule has 1 aliphatic heterocycles. The minimum atomic E-state index is -0.373. The van der Waals surface area contributed by atoms with Gasteiger partial charge >= 0.3 is 0 Å². The lowest BCUT2D eigenvalue weighted by atomic mass is 10.0. The van der Waals surface area contributed by atoms with Gasteiger partial charge in [0.15, 0.2) is 0 Å². The predicted octanol–water partition coefficient (Wildman–Crippen LogP) is 4.95. The summed E-state index contributed by atoms with van der Waals surface area (Å²) < 4.78 is 24.7. The fourth-order valence-electron chi connectivity index (χ4n) is 4.30. The molecular weight excluding hydrogens is 467 g/mol. The molecule has 0 N–H and O–H groups in total. The molecule has 0 unspecified atom stereocenters. The molecule has 2 heterocycles. The summed E-state index contributed by atoms with van der Waals surface area (Å²) in [5.74, 6) is 0.388. The predicted molar refractivity (Wildman–Crippen MR) is 134 cm³/mol. The van der Waals surface area contributed by atoms with E-state index in [1.54, 1.807) is 64.6 Å². The number of hydrogen-bond donors (Lipinski definition) is 0. The van der Waals surface area contributed by atoms with Crippen LogP contribution in [0, 0.1) is 5.82 Å². The highest BCUT2D eigenvalue weighted by molar-refractivity contribution is 7.10. The first-order valence-corrected chi connectivity index (χ1v) is 12.6. The van der Waals surface area contributed by atoms with Gasteiger partial charge in [-0.3, -0.25) is 9.59 Å². The summed E-state index contributed by atoms with van der Waals surface area (Å²) in [5.41, 5.74) is 1.56. The summed E-state index contributed by atoms with van der Waals surface area (Å²) in [6, 6.07) is 14.6. The highest BCUT2D eigenvalue weighted by Gasteiger charge is 2.33. The number of ether oxygens (including phenoxy) is 2. The molecule has 0 bridgehead atoms. The fourth-order valence-corrected chi connectivity index (χ4v) is 5.23. The molecule has 8 heteroatoms. The fraction of sp³-hybridized carbons (Fsp3) is 0.333. The summed E-state index contributed by atoms with van der Waals surface area (Å²) in [6.45, 7) is 3.18. The molecule has 184 valence electrons. The van der Waals surface area contributed by atoms with Gasteiger partial charge in [0.25, 0.3) is 5.91 Å². The molecule has 2 amide bonds. The smallest absolute Gasteiger partial charge is 0.254 e. The Labute approximate surface area is 208 Å². The number of amides is 2. The van der Waals surface area contributed by atoms with E-state index in [1.165, 1.54) is 17.0 Å². The number of halogens is 1. The first-order chi connectivity index (χ1) is 17.0. The van der Waals surface area contributed by atoms with Gasteiger partial charge in [-0.05, 0) is 66.2 Å². The average Bonchev–Trinajstić information content (AvgIpc) is 3.36. The number of methoxy groups -OCH3 is 1. The van der Waals surface area contributed by atoms with Crippen molar-refractivity contribution >= 4 is 23.2 Å². The minimum absolute atomic E-state index is 0.0192. The average molecular weight is 497 g/mol. The van der Waals surface area contributed by atoms with Crippen molar-refractivity contribution in [3.63, 3.8) is 0 Å². The highest BCUT2D eigenvalue weighted by atomic mass is 32.1. The molecule has 4 rings (SSSR count). The molecule has 0 aliphatic carbocycles. The summed E-state index contributed by atoms with van der Waals surface area (Å²) >= 11 is 1.67. The lowest BCUT2D eigenvalue weighted by Crippen LogP contribution is -2.48. The van der Waals surface area contributed by atoms with Gasteiger partial charge in [0, 0.05) is 29.6 Å². The highest BCUT2D eigenvalue weighted by Crippen LogP contribution is 2.34. The summed E-state index contributed by atoms with van der Waals surface area (Å²) in [7, 11) is 1.57. The molecule has 0 radical (unpaired) electrons. The normalized spacial score (nSPS) is 14.8. The van der Waals surface area contributed by atoms with E-state index in [1.807, 2.05) is 18.4 Å². The summed E-state index contributed by atoms with van der Waals surface area (Å²) in [5, 5.41) is 2.02. The molecule has 1 atom stereocenters. The van der Waals surface area contributed by atoms with Crippen molar-refractivity contribution in [2.45, 2.75) is 25.8 Å². The van der Waals surface area contributed by atoms with Gasteiger partial charge in [-0.15, -0.1) is 11.3 Å². The Morgan fingerprint density at radius 3 is 2.66 bits per heavy atom. The van der Waals surface area contributed by atoms with E-state index in [2.05, 4.69) is 0 Å². The third kappa shape index (κ3) is 5.82. The van der Waals surface area contributed by atoms with Crippen LogP contribution >= 0.6 is 11.3 Å². The molecule has 0 spiro atoms. The topological polar surface area (TPSA) is 59.1 Å². The monoisotopic (exact) mass is 496 g/mol. The standard InChI is InChI=1S/C27H29FN2O4S/c1-3-13-29(27(32)19-7-9-21(33-2)10-8-19)17-26(31)30-14-11-25-23(12-15-35-25)24(30)18-34-22-6-4-5-20(28)16-22/h4-10,12,15-16,24H,3,11,13-14,17-18H2,1-2H3/t24-/m1/s1. The van der Waals surface area contributed by atoms with Gasteiger partial charge in [0.05, 0.1) is 13.2 Å². The van der Waals surface area contributed by atoms with Crippen LogP contribution in [0.4, 0.5) is 4.39 Å². The van der Waals surface area contributed by atoms with Crippen LogP contribution in [0.15, 0.2) is 60.0 Å². The molecule has 2 aromatic carbocycles. The van der Waals surface area contributed by atoms with Crippen molar-refractivity contribution < 1.29 is 23.5 Å². The van der Waals surface area contributed by atoms with Crippen LogP contribution in [0.25, 0.3) is 0 Å². The number of carbonyl (C=O) groups excluding carboxylic acids is 2. The lowest BCUT2D eigenvalue weighted by Gasteiger charge is -2.37. The molecular formula is C27H29FN2O4S. The zero-order valence-corrected chi connectivity index (χ0v) is 20.7. The van der Waals surface area contributed by atoms with E-state index < -0.39 is 0 Å². The van der Waals surface area contributed by atoms with Crippen LogP contribution in [0.5, 0.6) is 11.5 Å². The number of carbonyl (C=O) groups is 2. The second kappa shape index (κ2) is 11.4. The van der Waals surface area contributed by atoms with Gasteiger partial charge in [-0.1, -0.05) is 13.0 Å².